The number of thioether (sulfide) groups is 1. The number of nitrogens with zero attached hydrogens (tertiary/aromatic N) is 1. The van der Waals surface area contributed by atoms with Gasteiger partial charge in [-0.1, -0.05) is 30.3 Å². The van der Waals surface area contributed by atoms with E-state index in [-0.39, 0.29) is 18.0 Å². The third kappa shape index (κ3) is 4.77. The molecular weight excluding hydrogens is 296 g/mol. The van der Waals surface area contributed by atoms with Gasteiger partial charge in [0.05, 0.1) is 0 Å². The fourth-order valence-corrected chi connectivity index (χ4v) is 2.60. The maximum atomic E-state index is 12.0. The molecule has 0 aliphatic carbocycles. The summed E-state index contributed by atoms with van der Waals surface area (Å²) in [4.78, 5) is 25.7. The van der Waals surface area contributed by atoms with Crippen LogP contribution < -0.4 is 5.32 Å². The first-order valence-corrected chi connectivity index (χ1v) is 8.53. The number of benzene rings is 1. The van der Waals surface area contributed by atoms with Crippen molar-refractivity contribution < 1.29 is 9.59 Å². The van der Waals surface area contributed by atoms with Crippen LogP contribution in [0, 0.1) is 0 Å². The molecule has 1 saturated heterocycles. The Morgan fingerprint density at radius 3 is 2.77 bits per heavy atom. The van der Waals surface area contributed by atoms with Gasteiger partial charge >= 0.3 is 0 Å². The van der Waals surface area contributed by atoms with Crippen molar-refractivity contribution in [1.82, 2.24) is 10.2 Å². The summed E-state index contributed by atoms with van der Waals surface area (Å²) < 4.78 is 0. The molecule has 1 aliphatic heterocycles. The van der Waals surface area contributed by atoms with Gasteiger partial charge in [0, 0.05) is 18.7 Å². The van der Waals surface area contributed by atoms with Gasteiger partial charge in [0.25, 0.3) is 0 Å². The Hall–Kier alpha value is -2.01. The topological polar surface area (TPSA) is 49.4 Å². The summed E-state index contributed by atoms with van der Waals surface area (Å²) in [6.45, 7) is 0.685. The summed E-state index contributed by atoms with van der Waals surface area (Å²) in [5.74, 6) is -0.230. The minimum Gasteiger partial charge on any atom is -0.332 e. The molecule has 1 aromatic rings. The van der Waals surface area contributed by atoms with Crippen LogP contribution in [0.4, 0.5) is 0 Å². The van der Waals surface area contributed by atoms with Crippen LogP contribution in [0.15, 0.2) is 47.9 Å². The second-order valence-electron chi connectivity index (χ2n) is 4.98. The van der Waals surface area contributed by atoms with Gasteiger partial charge in [0.15, 0.2) is 0 Å². The fraction of sp³-hybridized carbons (Fsp3) is 0.294. The lowest BCUT2D eigenvalue weighted by atomic mass is 10.2. The molecule has 0 radical (unpaired) electrons. The summed E-state index contributed by atoms with van der Waals surface area (Å²) in [6, 6.07) is 9.65. The molecule has 1 atom stereocenters. The molecule has 1 heterocycles. The third-order valence-electron chi connectivity index (χ3n) is 3.42. The van der Waals surface area contributed by atoms with E-state index in [2.05, 4.69) is 5.32 Å². The van der Waals surface area contributed by atoms with Crippen molar-refractivity contribution in [2.75, 3.05) is 12.8 Å². The maximum absolute atomic E-state index is 12.0. The SMILES string of the molecule is CS/C=C/C(=O)N1CCCC1NC(=O)/C=C/c1ccccc1. The fourth-order valence-electron chi connectivity index (χ4n) is 2.35. The van der Waals surface area contributed by atoms with Crippen molar-refractivity contribution in [2.45, 2.75) is 19.0 Å². The van der Waals surface area contributed by atoms with Crippen molar-refractivity contribution in [3.05, 3.63) is 53.5 Å². The maximum Gasteiger partial charge on any atom is 0.248 e. The molecule has 1 aromatic carbocycles. The second kappa shape index (κ2) is 8.44. The monoisotopic (exact) mass is 316 g/mol. The molecule has 22 heavy (non-hydrogen) atoms. The molecule has 116 valence electrons. The Morgan fingerprint density at radius 2 is 2.05 bits per heavy atom. The van der Waals surface area contributed by atoms with Crippen LogP contribution in [0.3, 0.4) is 0 Å². The zero-order valence-corrected chi connectivity index (χ0v) is 13.4. The Balaban J connectivity index is 1.91. The minimum absolute atomic E-state index is 0.0517. The van der Waals surface area contributed by atoms with Crippen LogP contribution >= 0.6 is 11.8 Å². The summed E-state index contributed by atoms with van der Waals surface area (Å²) in [6.07, 6.45) is 8.22. The average molecular weight is 316 g/mol. The van der Waals surface area contributed by atoms with Crippen molar-refractivity contribution in [1.29, 1.82) is 0 Å². The normalized spacial score (nSPS) is 18.2. The van der Waals surface area contributed by atoms with Crippen LogP contribution in [-0.4, -0.2) is 35.7 Å². The van der Waals surface area contributed by atoms with E-state index in [0.29, 0.717) is 6.54 Å². The Morgan fingerprint density at radius 1 is 1.27 bits per heavy atom. The quantitative estimate of drug-likeness (QED) is 0.850. The first-order chi connectivity index (χ1) is 10.7. The van der Waals surface area contributed by atoms with E-state index in [1.165, 1.54) is 17.8 Å². The predicted molar refractivity (Wildman–Crippen MR) is 91.0 cm³/mol. The van der Waals surface area contributed by atoms with E-state index in [1.54, 1.807) is 22.5 Å². The molecule has 2 amide bonds. The third-order valence-corrected chi connectivity index (χ3v) is 3.83. The summed E-state index contributed by atoms with van der Waals surface area (Å²) in [5.41, 5.74) is 0.972. The van der Waals surface area contributed by atoms with E-state index in [4.69, 9.17) is 0 Å². The average Bonchev–Trinajstić information content (AvgIpc) is 3.00. The second-order valence-corrected chi connectivity index (χ2v) is 5.72. The lowest BCUT2D eigenvalue weighted by molar-refractivity contribution is -0.128. The van der Waals surface area contributed by atoms with Gasteiger partial charge in [-0.05, 0) is 36.1 Å². The standard InChI is InChI=1S/C17H20N2O2S/c1-22-13-11-17(21)19-12-5-8-15(19)18-16(20)10-9-14-6-3-2-4-7-14/h2-4,6-7,9-11,13,15H,5,8,12H2,1H3,(H,18,20)/b10-9+,13-11+. The zero-order valence-electron chi connectivity index (χ0n) is 12.6. The number of likely N-dealkylation sites (tertiary alicyclic amines) is 1. The van der Waals surface area contributed by atoms with E-state index < -0.39 is 0 Å². The molecule has 0 saturated carbocycles. The van der Waals surface area contributed by atoms with Crippen LogP contribution in [0.5, 0.6) is 0 Å². The van der Waals surface area contributed by atoms with E-state index in [1.807, 2.05) is 36.6 Å². The molecule has 1 N–H and O–H groups in total. The van der Waals surface area contributed by atoms with E-state index >= 15 is 0 Å². The number of rotatable bonds is 5. The molecule has 0 spiro atoms. The molecule has 0 aromatic heterocycles. The number of nitrogens with one attached hydrogen (secondary N) is 1. The highest BCUT2D eigenvalue weighted by atomic mass is 32.2. The highest BCUT2D eigenvalue weighted by Gasteiger charge is 2.27. The molecule has 4 nitrogen and oxygen atoms in total. The zero-order chi connectivity index (χ0) is 15.8. The van der Waals surface area contributed by atoms with Gasteiger partial charge < -0.3 is 10.2 Å². The van der Waals surface area contributed by atoms with Crippen LogP contribution in [0.2, 0.25) is 0 Å². The van der Waals surface area contributed by atoms with E-state index in [9.17, 15) is 9.59 Å². The lowest BCUT2D eigenvalue weighted by Gasteiger charge is -2.23. The molecular formula is C17H20N2O2S. The Labute approximate surface area is 135 Å². The highest BCUT2D eigenvalue weighted by molar-refractivity contribution is 8.01. The molecule has 2 rings (SSSR count). The number of carbonyl (C=O) groups excluding carboxylic acids is 2. The van der Waals surface area contributed by atoms with Crippen LogP contribution in [0.1, 0.15) is 18.4 Å². The lowest BCUT2D eigenvalue weighted by Crippen LogP contribution is -2.46. The number of hydrogen-bond acceptors (Lipinski definition) is 3. The number of hydrogen-bond donors (Lipinski definition) is 1. The Bertz CT molecular complexity index is 569. The van der Waals surface area contributed by atoms with E-state index in [0.717, 1.165) is 18.4 Å². The number of amides is 2. The molecule has 1 fully saturated rings. The molecule has 0 bridgehead atoms. The highest BCUT2D eigenvalue weighted by Crippen LogP contribution is 2.16. The van der Waals surface area contributed by atoms with Gasteiger partial charge in [-0.25, -0.2) is 0 Å². The first-order valence-electron chi connectivity index (χ1n) is 7.24. The van der Waals surface area contributed by atoms with Crippen LogP contribution in [0.25, 0.3) is 6.08 Å². The number of carbonyl (C=O) groups is 2. The summed E-state index contributed by atoms with van der Waals surface area (Å²) >= 11 is 1.48. The smallest absolute Gasteiger partial charge is 0.248 e. The van der Waals surface area contributed by atoms with Gasteiger partial charge in [-0.15, -0.1) is 11.8 Å². The summed E-state index contributed by atoms with van der Waals surface area (Å²) in [7, 11) is 0. The van der Waals surface area contributed by atoms with Gasteiger partial charge in [-0.2, -0.15) is 0 Å². The van der Waals surface area contributed by atoms with Crippen molar-refractivity contribution in [3.8, 4) is 0 Å². The van der Waals surface area contributed by atoms with Crippen molar-refractivity contribution in [2.24, 2.45) is 0 Å². The Kier molecular flexibility index (Phi) is 6.27. The summed E-state index contributed by atoms with van der Waals surface area (Å²) in [5, 5.41) is 4.65. The largest absolute Gasteiger partial charge is 0.332 e. The molecule has 5 heteroatoms. The first kappa shape index (κ1) is 16.4. The predicted octanol–water partition coefficient (Wildman–Crippen LogP) is 2.64. The van der Waals surface area contributed by atoms with Crippen molar-refractivity contribution >= 4 is 29.7 Å². The molecule has 1 aliphatic rings. The molecule has 1 unspecified atom stereocenters. The van der Waals surface area contributed by atoms with Gasteiger partial charge in [-0.3, -0.25) is 9.59 Å². The minimum atomic E-state index is -0.216. The van der Waals surface area contributed by atoms with Gasteiger partial charge in [0.1, 0.15) is 6.17 Å². The van der Waals surface area contributed by atoms with Crippen molar-refractivity contribution in [3.63, 3.8) is 0 Å². The van der Waals surface area contributed by atoms with Gasteiger partial charge in [0.2, 0.25) is 11.8 Å². The van der Waals surface area contributed by atoms with Crippen LogP contribution in [-0.2, 0) is 9.59 Å².